The number of hydrogen-bond donors (Lipinski definition) is 2. The van der Waals surface area contributed by atoms with Crippen LogP contribution >= 0.6 is 11.6 Å². The number of ether oxygens (including phenoxy) is 3. The van der Waals surface area contributed by atoms with E-state index >= 15 is 0 Å². The van der Waals surface area contributed by atoms with Crippen LogP contribution in [0.5, 0.6) is 17.2 Å². The molecule has 2 aromatic carbocycles. The van der Waals surface area contributed by atoms with Gasteiger partial charge in [0.1, 0.15) is 11.6 Å². The molecule has 4 rings (SSSR count). The first-order valence-electron chi connectivity index (χ1n) is 8.65. The smallest absolute Gasteiger partial charge is 0.231 e. The summed E-state index contributed by atoms with van der Waals surface area (Å²) in [6, 6.07) is 11.1. The molecule has 1 aliphatic rings. The summed E-state index contributed by atoms with van der Waals surface area (Å²) >= 11 is 6.19. The lowest BCUT2D eigenvalue weighted by Gasteiger charge is -2.14. The molecule has 0 spiro atoms. The Hall–Kier alpha value is -3.19. The van der Waals surface area contributed by atoms with Crippen LogP contribution in [0.15, 0.2) is 36.4 Å². The Kier molecular flexibility index (Phi) is 4.83. The summed E-state index contributed by atoms with van der Waals surface area (Å²) in [5, 5.41) is 7.13. The molecule has 28 heavy (non-hydrogen) atoms. The van der Waals surface area contributed by atoms with Gasteiger partial charge in [0.05, 0.1) is 12.8 Å². The van der Waals surface area contributed by atoms with Crippen LogP contribution < -0.4 is 24.8 Å². The number of halogens is 1. The summed E-state index contributed by atoms with van der Waals surface area (Å²) < 4.78 is 16.2. The minimum absolute atomic E-state index is 0.232. The van der Waals surface area contributed by atoms with Crippen molar-refractivity contribution in [2.24, 2.45) is 0 Å². The summed E-state index contributed by atoms with van der Waals surface area (Å²) in [6.07, 6.45) is 0. The first kappa shape index (κ1) is 18.2. The maximum Gasteiger partial charge on any atom is 0.231 e. The minimum atomic E-state index is 0.232. The molecular formula is C20H19ClN4O3. The summed E-state index contributed by atoms with van der Waals surface area (Å²) in [5.41, 5.74) is 3.33. The van der Waals surface area contributed by atoms with Gasteiger partial charge in [-0.2, -0.15) is 4.98 Å². The van der Waals surface area contributed by atoms with Crippen molar-refractivity contribution in [3.05, 3.63) is 52.7 Å². The van der Waals surface area contributed by atoms with E-state index in [4.69, 9.17) is 25.8 Å². The van der Waals surface area contributed by atoms with Crippen LogP contribution in [0.2, 0.25) is 5.02 Å². The zero-order chi connectivity index (χ0) is 19.7. The van der Waals surface area contributed by atoms with E-state index in [0.29, 0.717) is 28.3 Å². The second kappa shape index (κ2) is 7.44. The van der Waals surface area contributed by atoms with Gasteiger partial charge < -0.3 is 24.8 Å². The van der Waals surface area contributed by atoms with E-state index in [9.17, 15) is 0 Å². The molecule has 1 aliphatic heterocycles. The van der Waals surface area contributed by atoms with Crippen molar-refractivity contribution in [2.75, 3.05) is 24.5 Å². The monoisotopic (exact) mass is 398 g/mol. The molecule has 8 heteroatoms. The van der Waals surface area contributed by atoms with Gasteiger partial charge in [-0.1, -0.05) is 11.6 Å². The SMILES string of the molecule is COc1cc(Cl)c(C)cc1Nc1cc(C)nc(Nc2ccc3c(c2)OCO3)n1. The van der Waals surface area contributed by atoms with Gasteiger partial charge in [-0.15, -0.1) is 0 Å². The van der Waals surface area contributed by atoms with Crippen molar-refractivity contribution >= 4 is 34.7 Å². The first-order chi connectivity index (χ1) is 13.5. The minimum Gasteiger partial charge on any atom is -0.495 e. The number of hydrogen-bond acceptors (Lipinski definition) is 7. The van der Waals surface area contributed by atoms with Gasteiger partial charge in [0, 0.05) is 34.6 Å². The second-order valence-electron chi connectivity index (χ2n) is 6.34. The van der Waals surface area contributed by atoms with E-state index < -0.39 is 0 Å². The first-order valence-corrected chi connectivity index (χ1v) is 9.03. The van der Waals surface area contributed by atoms with Crippen molar-refractivity contribution in [1.82, 2.24) is 9.97 Å². The van der Waals surface area contributed by atoms with Gasteiger partial charge in [-0.25, -0.2) is 4.98 Å². The Balaban J connectivity index is 1.60. The van der Waals surface area contributed by atoms with Crippen molar-refractivity contribution in [2.45, 2.75) is 13.8 Å². The lowest BCUT2D eigenvalue weighted by atomic mass is 10.2. The van der Waals surface area contributed by atoms with Crippen molar-refractivity contribution in [1.29, 1.82) is 0 Å². The number of aryl methyl sites for hydroxylation is 2. The molecule has 0 fully saturated rings. The fourth-order valence-electron chi connectivity index (χ4n) is 2.86. The third-order valence-corrected chi connectivity index (χ3v) is 4.63. The third-order valence-electron chi connectivity index (χ3n) is 4.23. The quantitative estimate of drug-likeness (QED) is 0.628. The highest BCUT2D eigenvalue weighted by atomic mass is 35.5. The molecule has 2 heterocycles. The van der Waals surface area contributed by atoms with Gasteiger partial charge >= 0.3 is 0 Å². The van der Waals surface area contributed by atoms with Crippen LogP contribution in [0.25, 0.3) is 0 Å². The third kappa shape index (κ3) is 3.75. The molecule has 7 nitrogen and oxygen atoms in total. The maximum atomic E-state index is 6.19. The fourth-order valence-corrected chi connectivity index (χ4v) is 3.01. The molecule has 144 valence electrons. The van der Waals surface area contributed by atoms with Crippen LogP contribution in [0.3, 0.4) is 0 Å². The molecule has 0 bridgehead atoms. The Bertz CT molecular complexity index is 1040. The molecule has 3 aromatic rings. The van der Waals surface area contributed by atoms with Crippen molar-refractivity contribution in [3.63, 3.8) is 0 Å². The molecule has 0 atom stereocenters. The van der Waals surface area contributed by atoms with Crippen molar-refractivity contribution < 1.29 is 14.2 Å². The van der Waals surface area contributed by atoms with E-state index in [1.54, 1.807) is 13.2 Å². The molecule has 0 saturated heterocycles. The van der Waals surface area contributed by atoms with E-state index in [1.165, 1.54) is 0 Å². The molecular weight excluding hydrogens is 380 g/mol. The average Bonchev–Trinajstić information content (AvgIpc) is 3.12. The Morgan fingerprint density at radius 1 is 1.00 bits per heavy atom. The summed E-state index contributed by atoms with van der Waals surface area (Å²) in [5.74, 6) is 3.15. The second-order valence-corrected chi connectivity index (χ2v) is 6.75. The van der Waals surface area contributed by atoms with Crippen LogP contribution in [0.1, 0.15) is 11.3 Å². The highest BCUT2D eigenvalue weighted by Crippen LogP contribution is 2.35. The Morgan fingerprint density at radius 2 is 1.82 bits per heavy atom. The lowest BCUT2D eigenvalue weighted by Crippen LogP contribution is -2.03. The predicted octanol–water partition coefficient (Wildman–Crippen LogP) is 4.97. The summed E-state index contributed by atoms with van der Waals surface area (Å²) in [7, 11) is 1.60. The number of rotatable bonds is 5. The van der Waals surface area contributed by atoms with Gasteiger partial charge in [0.25, 0.3) is 0 Å². The van der Waals surface area contributed by atoms with Gasteiger partial charge in [0.15, 0.2) is 11.5 Å². The van der Waals surface area contributed by atoms with E-state index in [2.05, 4.69) is 20.6 Å². The van der Waals surface area contributed by atoms with Gasteiger partial charge in [-0.05, 0) is 37.6 Å². The normalized spacial score (nSPS) is 12.0. The number of benzene rings is 2. The molecule has 0 amide bonds. The standard InChI is InChI=1S/C20H19ClN4O3/c1-11-6-15(17(26-3)9-14(11)21)24-19-7-12(2)22-20(25-19)23-13-4-5-16-18(8-13)28-10-27-16/h4-9H,10H2,1-3H3,(H2,22,23,24,25). The lowest BCUT2D eigenvalue weighted by molar-refractivity contribution is 0.174. The zero-order valence-corrected chi connectivity index (χ0v) is 16.4. The van der Waals surface area contributed by atoms with Gasteiger partial charge in [0.2, 0.25) is 12.7 Å². The van der Waals surface area contributed by atoms with E-state index in [0.717, 1.165) is 28.4 Å². The maximum absolute atomic E-state index is 6.19. The van der Waals surface area contributed by atoms with Gasteiger partial charge in [-0.3, -0.25) is 0 Å². The number of methoxy groups -OCH3 is 1. The summed E-state index contributed by atoms with van der Waals surface area (Å²) in [4.78, 5) is 9.00. The highest BCUT2D eigenvalue weighted by molar-refractivity contribution is 6.31. The number of fused-ring (bicyclic) bond motifs is 1. The Labute approximate surface area is 167 Å². The van der Waals surface area contributed by atoms with E-state index in [-0.39, 0.29) is 6.79 Å². The molecule has 0 saturated carbocycles. The average molecular weight is 399 g/mol. The van der Waals surface area contributed by atoms with Crippen LogP contribution in [-0.2, 0) is 0 Å². The number of nitrogens with zero attached hydrogens (tertiary/aromatic N) is 2. The van der Waals surface area contributed by atoms with Crippen LogP contribution in [0.4, 0.5) is 23.1 Å². The van der Waals surface area contributed by atoms with Crippen LogP contribution in [0, 0.1) is 13.8 Å². The zero-order valence-electron chi connectivity index (χ0n) is 15.7. The highest BCUT2D eigenvalue weighted by Gasteiger charge is 2.14. The number of nitrogens with one attached hydrogen (secondary N) is 2. The summed E-state index contributed by atoms with van der Waals surface area (Å²) in [6.45, 7) is 4.07. The fraction of sp³-hybridized carbons (Fsp3) is 0.200. The van der Waals surface area contributed by atoms with E-state index in [1.807, 2.05) is 44.2 Å². The number of anilines is 4. The largest absolute Gasteiger partial charge is 0.495 e. The predicted molar refractivity (Wildman–Crippen MR) is 109 cm³/mol. The topological polar surface area (TPSA) is 77.5 Å². The Morgan fingerprint density at radius 3 is 2.64 bits per heavy atom. The number of aromatic nitrogens is 2. The molecule has 1 aromatic heterocycles. The molecule has 0 unspecified atom stereocenters. The molecule has 2 N–H and O–H groups in total. The van der Waals surface area contributed by atoms with Crippen molar-refractivity contribution in [3.8, 4) is 17.2 Å². The molecule has 0 radical (unpaired) electrons. The van der Waals surface area contributed by atoms with Crippen LogP contribution in [-0.4, -0.2) is 23.9 Å². The molecule has 0 aliphatic carbocycles.